The minimum Gasteiger partial charge on any atom is -0.481 e. The zero-order chi connectivity index (χ0) is 20.7. The molecule has 0 aromatic carbocycles. The Labute approximate surface area is 163 Å². The van der Waals surface area contributed by atoms with E-state index in [1.807, 2.05) is 0 Å². The van der Waals surface area contributed by atoms with Crippen LogP contribution in [0.2, 0.25) is 0 Å². The van der Waals surface area contributed by atoms with Crippen LogP contribution in [0, 0.1) is 34.0 Å². The minimum atomic E-state index is -1.34. The molecule has 4 aliphatic carbocycles. The molecule has 3 N–H and O–H groups in total. The van der Waals surface area contributed by atoms with Crippen LogP contribution in [0.5, 0.6) is 0 Å². The molecule has 1 spiro atoms. The van der Waals surface area contributed by atoms with Crippen molar-refractivity contribution in [2.75, 3.05) is 7.11 Å². The van der Waals surface area contributed by atoms with E-state index >= 15 is 0 Å². The van der Waals surface area contributed by atoms with Gasteiger partial charge in [0.15, 0.2) is 0 Å². The first-order valence-electron chi connectivity index (χ1n) is 9.95. The molecule has 0 aromatic heterocycles. The Morgan fingerprint density at radius 3 is 2.39 bits per heavy atom. The normalized spacial score (nSPS) is 49.2. The summed E-state index contributed by atoms with van der Waals surface area (Å²) in [6, 6.07) is 0. The summed E-state index contributed by atoms with van der Waals surface area (Å²) < 4.78 is 5.11. The van der Waals surface area contributed by atoms with E-state index in [1.54, 1.807) is 6.92 Å². The van der Waals surface area contributed by atoms with Crippen molar-refractivity contribution < 1.29 is 34.4 Å². The lowest BCUT2D eigenvalue weighted by atomic mass is 9.52. The van der Waals surface area contributed by atoms with E-state index in [2.05, 4.69) is 6.58 Å². The highest BCUT2D eigenvalue weighted by atomic mass is 16.5. The van der Waals surface area contributed by atoms with Crippen LogP contribution >= 0.6 is 0 Å². The molecule has 7 heteroatoms. The second-order valence-electron chi connectivity index (χ2n) is 9.71. The van der Waals surface area contributed by atoms with Gasteiger partial charge in [-0.1, -0.05) is 13.0 Å². The maximum absolute atomic E-state index is 13.1. The van der Waals surface area contributed by atoms with E-state index in [9.17, 15) is 29.7 Å². The summed E-state index contributed by atoms with van der Waals surface area (Å²) in [5, 5.41) is 31.6. The predicted octanol–water partition coefficient (Wildman–Crippen LogP) is 2.23. The van der Waals surface area contributed by atoms with Crippen molar-refractivity contribution in [2.45, 2.75) is 57.5 Å². The molecule has 4 fully saturated rings. The fourth-order valence-electron chi connectivity index (χ4n) is 7.83. The molecule has 154 valence electrons. The molecule has 0 amide bonds. The third kappa shape index (κ3) is 1.96. The quantitative estimate of drug-likeness (QED) is 0.497. The molecule has 0 saturated heterocycles. The number of hydrogen-bond acceptors (Lipinski definition) is 5. The second kappa shape index (κ2) is 5.59. The number of carbonyl (C=O) groups excluding carboxylic acids is 1. The Morgan fingerprint density at radius 2 is 1.82 bits per heavy atom. The van der Waals surface area contributed by atoms with Crippen molar-refractivity contribution in [1.82, 2.24) is 0 Å². The van der Waals surface area contributed by atoms with E-state index in [0.29, 0.717) is 44.1 Å². The Balaban J connectivity index is 2.01. The summed E-state index contributed by atoms with van der Waals surface area (Å²) >= 11 is 0. The van der Waals surface area contributed by atoms with E-state index in [4.69, 9.17) is 4.74 Å². The number of carbonyl (C=O) groups is 3. The molecule has 0 radical (unpaired) electrons. The van der Waals surface area contributed by atoms with Gasteiger partial charge in [-0.2, -0.15) is 0 Å². The Kier molecular flexibility index (Phi) is 3.88. The van der Waals surface area contributed by atoms with Crippen molar-refractivity contribution in [2.24, 2.45) is 34.0 Å². The summed E-state index contributed by atoms with van der Waals surface area (Å²) in [7, 11) is 1.26. The maximum Gasteiger partial charge on any atom is 0.310 e. The molecule has 7 nitrogen and oxygen atoms in total. The highest BCUT2D eigenvalue weighted by molar-refractivity contribution is 5.86. The standard InChI is InChI=1S/C21H28O7/c1-11-9-19-10-20(11,27)8-5-12(19)21(17(25)26)7-4-6-18(2,16(23)24)14(21)13(19)15(22)28-3/h12-14,27H,1,4-10H2,2-3H3,(H,23,24)(H,25,26)/t12-,13-,14-,18-,19+,20+,21+/m1/s1. The topological polar surface area (TPSA) is 121 Å². The van der Waals surface area contributed by atoms with E-state index < -0.39 is 51.6 Å². The van der Waals surface area contributed by atoms with Crippen LogP contribution in [-0.2, 0) is 19.1 Å². The third-order valence-electron chi connectivity index (χ3n) is 8.81. The molecule has 2 bridgehead atoms. The molecular formula is C21H28O7. The van der Waals surface area contributed by atoms with Crippen LogP contribution in [0.3, 0.4) is 0 Å². The van der Waals surface area contributed by atoms with Gasteiger partial charge in [0.25, 0.3) is 0 Å². The van der Waals surface area contributed by atoms with Gasteiger partial charge >= 0.3 is 17.9 Å². The molecule has 0 aromatic rings. The lowest BCUT2D eigenvalue weighted by molar-refractivity contribution is -0.178. The average Bonchev–Trinajstić information content (AvgIpc) is 2.99. The molecular weight excluding hydrogens is 364 g/mol. The first-order valence-corrected chi connectivity index (χ1v) is 9.95. The van der Waals surface area contributed by atoms with Gasteiger partial charge in [0, 0.05) is 5.92 Å². The zero-order valence-electron chi connectivity index (χ0n) is 16.4. The summed E-state index contributed by atoms with van der Waals surface area (Å²) in [5.41, 5.74) is -3.96. The van der Waals surface area contributed by atoms with Crippen molar-refractivity contribution in [3.05, 3.63) is 12.2 Å². The molecule has 0 heterocycles. The zero-order valence-corrected chi connectivity index (χ0v) is 16.4. The van der Waals surface area contributed by atoms with E-state index in [1.165, 1.54) is 7.11 Å². The number of fused-ring (bicyclic) bond motifs is 3. The molecule has 0 unspecified atom stereocenters. The van der Waals surface area contributed by atoms with Crippen LogP contribution in [0.25, 0.3) is 0 Å². The van der Waals surface area contributed by atoms with Gasteiger partial charge in [0.1, 0.15) is 0 Å². The number of aliphatic hydroxyl groups is 1. The van der Waals surface area contributed by atoms with Gasteiger partial charge in [-0.25, -0.2) is 0 Å². The number of methoxy groups -OCH3 is 1. The number of hydrogen-bond donors (Lipinski definition) is 3. The van der Waals surface area contributed by atoms with Crippen LogP contribution in [0.1, 0.15) is 51.9 Å². The largest absolute Gasteiger partial charge is 0.481 e. The molecule has 7 atom stereocenters. The first kappa shape index (κ1) is 19.4. The first-order chi connectivity index (χ1) is 13.0. The van der Waals surface area contributed by atoms with Crippen LogP contribution in [-0.4, -0.2) is 45.9 Å². The smallest absolute Gasteiger partial charge is 0.310 e. The molecule has 4 rings (SSSR count). The summed E-state index contributed by atoms with van der Waals surface area (Å²) in [4.78, 5) is 38.2. The van der Waals surface area contributed by atoms with Gasteiger partial charge in [-0.05, 0) is 62.4 Å². The number of ether oxygens (including phenoxy) is 1. The van der Waals surface area contributed by atoms with Gasteiger partial charge in [-0.3, -0.25) is 14.4 Å². The maximum atomic E-state index is 13.1. The molecule has 0 aliphatic heterocycles. The van der Waals surface area contributed by atoms with Gasteiger partial charge in [-0.15, -0.1) is 0 Å². The molecule has 4 saturated carbocycles. The fraction of sp³-hybridized carbons (Fsp3) is 0.762. The van der Waals surface area contributed by atoms with E-state index in [0.717, 1.165) is 0 Å². The lowest BCUT2D eigenvalue weighted by Crippen LogP contribution is -2.55. The van der Waals surface area contributed by atoms with Crippen LogP contribution in [0.15, 0.2) is 12.2 Å². The third-order valence-corrected chi connectivity index (χ3v) is 8.81. The van der Waals surface area contributed by atoms with Gasteiger partial charge < -0.3 is 20.1 Å². The van der Waals surface area contributed by atoms with Gasteiger partial charge in [0.05, 0.1) is 29.5 Å². The highest BCUT2D eigenvalue weighted by Gasteiger charge is 2.80. The van der Waals surface area contributed by atoms with Crippen molar-refractivity contribution >= 4 is 17.9 Å². The average molecular weight is 392 g/mol. The van der Waals surface area contributed by atoms with Crippen LogP contribution in [0.4, 0.5) is 0 Å². The number of carboxylic acids is 2. The highest BCUT2D eigenvalue weighted by Crippen LogP contribution is 2.78. The lowest BCUT2D eigenvalue weighted by Gasteiger charge is -2.49. The number of aliphatic carboxylic acids is 2. The Bertz CT molecular complexity index is 790. The van der Waals surface area contributed by atoms with E-state index in [-0.39, 0.29) is 12.3 Å². The van der Waals surface area contributed by atoms with Crippen LogP contribution < -0.4 is 0 Å². The summed E-state index contributed by atoms with van der Waals surface area (Å²) in [5.74, 6) is -4.81. The Hall–Kier alpha value is -1.89. The summed E-state index contributed by atoms with van der Waals surface area (Å²) in [6.07, 6.45) is 2.60. The molecule has 28 heavy (non-hydrogen) atoms. The SMILES string of the molecule is C=C1C[C@]23C[C@@]1(O)CC[C@H]2[C@@]1(C(=O)O)CCC[C@@](C)(C(=O)O)[C@H]1[C@@H]3C(=O)OC. The fourth-order valence-corrected chi connectivity index (χ4v) is 7.83. The second-order valence-corrected chi connectivity index (χ2v) is 9.71. The minimum absolute atomic E-state index is 0.254. The number of carboxylic acid groups (broad SMARTS) is 2. The number of rotatable bonds is 3. The van der Waals surface area contributed by atoms with Gasteiger partial charge in [0.2, 0.25) is 0 Å². The monoisotopic (exact) mass is 392 g/mol. The number of esters is 1. The molecule has 4 aliphatic rings. The Morgan fingerprint density at radius 1 is 1.14 bits per heavy atom. The van der Waals surface area contributed by atoms with Crippen molar-refractivity contribution in [3.8, 4) is 0 Å². The van der Waals surface area contributed by atoms with Crippen molar-refractivity contribution in [3.63, 3.8) is 0 Å². The summed E-state index contributed by atoms with van der Waals surface area (Å²) in [6.45, 7) is 5.61. The predicted molar refractivity (Wildman–Crippen MR) is 97.1 cm³/mol. The van der Waals surface area contributed by atoms with Crippen molar-refractivity contribution in [1.29, 1.82) is 0 Å².